The fourth-order valence-electron chi connectivity index (χ4n) is 10.6. The molecule has 16 heteroatoms. The molecule has 1 saturated carbocycles. The van der Waals surface area contributed by atoms with E-state index >= 15 is 0 Å². The Balaban J connectivity index is 1.47. The number of nitrogens with one attached hydrogen (secondary N) is 1. The number of piperidine rings is 1. The summed E-state index contributed by atoms with van der Waals surface area (Å²) in [7, 11) is 3.00. The first-order chi connectivity index (χ1) is 32.9. The van der Waals surface area contributed by atoms with Crippen molar-refractivity contribution in [2.24, 2.45) is 35.3 Å². The molecule has 2 bridgehead atoms. The fourth-order valence-corrected chi connectivity index (χ4v) is 10.6. The number of aromatic nitrogens is 2. The molecule has 2 saturated heterocycles. The number of rotatable bonds is 7. The van der Waals surface area contributed by atoms with Crippen LogP contribution in [0.5, 0.6) is 0 Å². The lowest BCUT2D eigenvalue weighted by Gasteiger charge is -2.43. The molecule has 15 atom stereocenters. The highest BCUT2D eigenvalue weighted by Crippen LogP contribution is 2.38. The third-order valence-corrected chi connectivity index (χ3v) is 15.0. The highest BCUT2D eigenvalue weighted by molar-refractivity contribution is 6.39. The predicted octanol–water partition coefficient (Wildman–Crippen LogP) is 5.95. The summed E-state index contributed by atoms with van der Waals surface area (Å²) in [6.45, 7) is 11.4. The van der Waals surface area contributed by atoms with Gasteiger partial charge in [0.05, 0.1) is 30.6 Å². The molecule has 3 fully saturated rings. The van der Waals surface area contributed by atoms with Gasteiger partial charge in [0.2, 0.25) is 5.79 Å². The Morgan fingerprint density at radius 2 is 1.68 bits per heavy atom. The minimum Gasteiger partial charge on any atom is -0.461 e. The van der Waals surface area contributed by atoms with Crippen LogP contribution < -0.4 is 11.1 Å². The van der Waals surface area contributed by atoms with Gasteiger partial charge in [0.1, 0.15) is 30.2 Å². The molecule has 1 aromatic heterocycles. The van der Waals surface area contributed by atoms with E-state index in [1.807, 2.05) is 58.1 Å². The summed E-state index contributed by atoms with van der Waals surface area (Å²) < 4.78 is 23.9. The number of nitrogens with two attached hydrogens (primary N) is 1. The number of fused-ring (bicyclic) bond motifs is 3. The van der Waals surface area contributed by atoms with Gasteiger partial charge >= 0.3 is 5.97 Å². The SMILES string of the molecule is CO[C@@H]1CC(C[C@@H](C)[C@@H]2CC[C@H](N)/C=C(\C)[C@@H](O)[C@@H](OC)C(=O)[C@H](C)C[C@H](C)/C=C/C=C/C=C(\C)C(Nc3cnccn3)CC3CCC(C)[C@@](O)(O3)C(=O)C(=O)N3CCCCC3C(=O)O2)CC[C@H]1O. The third-order valence-electron chi connectivity index (χ3n) is 15.0. The maximum absolute atomic E-state index is 14.4. The van der Waals surface area contributed by atoms with Crippen LogP contribution in [0.4, 0.5) is 5.82 Å². The van der Waals surface area contributed by atoms with Gasteiger partial charge in [0.25, 0.3) is 11.7 Å². The molecule has 16 nitrogen and oxygen atoms in total. The zero-order valence-corrected chi connectivity index (χ0v) is 42.2. The van der Waals surface area contributed by atoms with E-state index in [0.29, 0.717) is 82.0 Å². The number of methoxy groups -OCH3 is 2. The second-order valence-corrected chi connectivity index (χ2v) is 20.4. The smallest absolute Gasteiger partial charge is 0.329 e. The van der Waals surface area contributed by atoms with E-state index < -0.39 is 77.9 Å². The number of carbonyl (C=O) groups is 4. The van der Waals surface area contributed by atoms with E-state index in [2.05, 4.69) is 15.3 Å². The lowest BCUT2D eigenvalue weighted by atomic mass is 9.78. The topological polar surface area (TPSA) is 233 Å². The van der Waals surface area contributed by atoms with Crippen LogP contribution in [0.15, 0.2) is 66.2 Å². The van der Waals surface area contributed by atoms with Gasteiger partial charge in [0, 0.05) is 51.0 Å². The molecule has 0 radical (unpaired) electrons. The van der Waals surface area contributed by atoms with Crippen LogP contribution in [0.3, 0.4) is 0 Å². The zero-order valence-electron chi connectivity index (χ0n) is 42.2. The van der Waals surface area contributed by atoms with E-state index in [1.54, 1.807) is 45.6 Å². The number of aliphatic hydroxyl groups is 3. The van der Waals surface area contributed by atoms with E-state index in [4.69, 9.17) is 24.7 Å². The molecule has 384 valence electrons. The summed E-state index contributed by atoms with van der Waals surface area (Å²) in [4.78, 5) is 66.9. The number of amides is 1. The molecule has 0 spiro atoms. The number of nitrogens with zero attached hydrogens (tertiary/aromatic N) is 3. The van der Waals surface area contributed by atoms with Gasteiger partial charge in [-0.05, 0) is 121 Å². The number of Topliss-reactive ketones (excluding diaryl/α,β-unsaturated/α-hetero) is 2. The molecular weight excluding hydrogens is 883 g/mol. The van der Waals surface area contributed by atoms with Gasteiger partial charge in [-0.3, -0.25) is 19.4 Å². The molecule has 1 amide bonds. The Morgan fingerprint density at radius 1 is 0.913 bits per heavy atom. The molecular formula is C53H81N5O11. The number of ether oxygens (including phenoxy) is 4. The highest BCUT2D eigenvalue weighted by Gasteiger charge is 2.53. The van der Waals surface area contributed by atoms with Crippen molar-refractivity contribution in [1.82, 2.24) is 14.9 Å². The minimum atomic E-state index is -2.44. The quantitative estimate of drug-likeness (QED) is 0.121. The summed E-state index contributed by atoms with van der Waals surface area (Å²) in [5, 5.41) is 37.5. The largest absolute Gasteiger partial charge is 0.461 e. The van der Waals surface area contributed by atoms with Crippen LogP contribution in [0.1, 0.15) is 125 Å². The lowest BCUT2D eigenvalue weighted by molar-refractivity contribution is -0.263. The Hall–Kier alpha value is -4.16. The number of cyclic esters (lactones) is 1. The molecule has 1 aliphatic carbocycles. The first-order valence-corrected chi connectivity index (χ1v) is 25.3. The number of allylic oxidation sites excluding steroid dienone is 5. The molecule has 69 heavy (non-hydrogen) atoms. The molecule has 6 N–H and O–H groups in total. The number of anilines is 1. The lowest BCUT2D eigenvalue weighted by Crippen LogP contribution is -2.61. The maximum atomic E-state index is 14.4. The van der Waals surface area contributed by atoms with Gasteiger partial charge in [-0.1, -0.05) is 69.7 Å². The van der Waals surface area contributed by atoms with E-state index in [-0.39, 0.29) is 48.6 Å². The van der Waals surface area contributed by atoms with Crippen molar-refractivity contribution in [2.45, 2.75) is 186 Å². The van der Waals surface area contributed by atoms with E-state index in [0.717, 1.165) is 12.0 Å². The van der Waals surface area contributed by atoms with Crippen molar-refractivity contribution in [2.75, 3.05) is 26.1 Å². The van der Waals surface area contributed by atoms with E-state index in [9.17, 15) is 34.5 Å². The Labute approximate surface area is 409 Å². The van der Waals surface area contributed by atoms with Crippen LogP contribution in [0.25, 0.3) is 0 Å². The number of carbonyl (C=O) groups excluding carboxylic acids is 4. The van der Waals surface area contributed by atoms with Gasteiger partial charge in [-0.15, -0.1) is 0 Å². The highest BCUT2D eigenvalue weighted by atomic mass is 16.6. The second-order valence-electron chi connectivity index (χ2n) is 20.4. The fraction of sp³-hybridized carbons (Fsp3) is 0.698. The monoisotopic (exact) mass is 964 g/mol. The standard InChI is InChI=1S/C53H81N5O11/c1-32-14-10-9-11-15-33(2)41(57-46-31-55-23-24-56-46)30-40-20-17-37(6)53(65,69-40)50(62)51(63)58-25-13-12-16-42(58)52(64)68-44(34(3)27-38-18-21-43(59)45(29-38)66-7)22-19-39(54)28-36(5)48(61)49(67-8)47(60)35(4)26-32/h9-11,14-15,23-24,28,31-32,34-35,37-45,48-49,59,61,65H,12-13,16-22,25-27,29-30,54H2,1-8H3,(H,56,57)/b11-9+,14-10+,33-15+,36-28+/t32-,34-,35-,37?,38?,39+,40?,41?,42?,43-,44+,45-,48-,49+,53-/m1/s1. The molecule has 4 aliphatic rings. The van der Waals surface area contributed by atoms with Crippen molar-refractivity contribution < 1.29 is 53.4 Å². The zero-order chi connectivity index (χ0) is 50.4. The van der Waals surface area contributed by atoms with Crippen LogP contribution >= 0.6 is 0 Å². The van der Waals surface area contributed by atoms with Crippen LogP contribution in [0.2, 0.25) is 0 Å². The summed E-state index contributed by atoms with van der Waals surface area (Å²) in [6.07, 6.45) is 18.3. The number of esters is 1. The normalized spacial score (nSPS) is 38.6. The number of aliphatic hydroxyl groups excluding tert-OH is 2. The van der Waals surface area contributed by atoms with Crippen molar-refractivity contribution in [1.29, 1.82) is 0 Å². The summed E-state index contributed by atoms with van der Waals surface area (Å²) in [5.41, 5.74) is 8.08. The van der Waals surface area contributed by atoms with Crippen molar-refractivity contribution >= 4 is 29.3 Å². The van der Waals surface area contributed by atoms with Crippen molar-refractivity contribution in [3.63, 3.8) is 0 Å². The first kappa shape index (κ1) is 55.8. The molecule has 1 aromatic rings. The maximum Gasteiger partial charge on any atom is 0.329 e. The Bertz CT molecular complexity index is 1980. The molecule has 0 aromatic carbocycles. The summed E-state index contributed by atoms with van der Waals surface area (Å²) in [6, 6.07) is -2.03. The number of hydrogen-bond acceptors (Lipinski definition) is 15. The number of ketones is 2. The molecule has 5 unspecified atom stereocenters. The third kappa shape index (κ3) is 15.2. The number of hydrogen-bond donors (Lipinski definition) is 5. The van der Waals surface area contributed by atoms with Crippen LogP contribution in [0, 0.1) is 29.6 Å². The van der Waals surface area contributed by atoms with Gasteiger partial charge in [0.15, 0.2) is 5.78 Å². The van der Waals surface area contributed by atoms with Gasteiger partial charge in [-0.25, -0.2) is 9.78 Å². The molecule has 3 aliphatic heterocycles. The molecule has 4 heterocycles. The average Bonchev–Trinajstić information content (AvgIpc) is 3.33. The molecule has 5 rings (SSSR count). The van der Waals surface area contributed by atoms with Crippen LogP contribution in [-0.2, 0) is 38.1 Å². The van der Waals surface area contributed by atoms with E-state index in [1.165, 1.54) is 12.0 Å². The second kappa shape index (κ2) is 26.3. The Kier molecular flexibility index (Phi) is 21.3. The first-order valence-electron chi connectivity index (χ1n) is 25.3. The summed E-state index contributed by atoms with van der Waals surface area (Å²) in [5.74, 6) is -5.96. The predicted molar refractivity (Wildman–Crippen MR) is 262 cm³/mol. The summed E-state index contributed by atoms with van der Waals surface area (Å²) >= 11 is 0. The van der Waals surface area contributed by atoms with Crippen LogP contribution in [-0.4, -0.2) is 135 Å². The van der Waals surface area contributed by atoms with Gasteiger partial charge < -0.3 is 50.2 Å². The van der Waals surface area contributed by atoms with Crippen molar-refractivity contribution in [3.8, 4) is 0 Å². The average molecular weight is 964 g/mol. The van der Waals surface area contributed by atoms with Gasteiger partial charge in [-0.2, -0.15) is 0 Å². The van der Waals surface area contributed by atoms with Crippen molar-refractivity contribution in [3.05, 3.63) is 66.2 Å². The Morgan fingerprint density at radius 3 is 2.39 bits per heavy atom. The minimum absolute atomic E-state index is 0.0241.